The quantitative estimate of drug-likeness (QED) is 0.720. The summed E-state index contributed by atoms with van der Waals surface area (Å²) in [4.78, 5) is 11.1. The molecule has 0 aliphatic carbocycles. The van der Waals surface area contributed by atoms with E-state index in [1.54, 1.807) is 0 Å². The van der Waals surface area contributed by atoms with Gasteiger partial charge in [0, 0.05) is 12.2 Å². The molecule has 0 radical (unpaired) electrons. The Bertz CT molecular complexity index is 565. The van der Waals surface area contributed by atoms with E-state index in [1.165, 1.54) is 26.0 Å². The molecule has 0 atom stereocenters. The fourth-order valence-electron chi connectivity index (χ4n) is 1.49. The van der Waals surface area contributed by atoms with Crippen molar-refractivity contribution in [2.45, 2.75) is 24.0 Å². The normalized spacial score (nSPS) is 11.6. The zero-order valence-electron chi connectivity index (χ0n) is 10.8. The lowest BCUT2D eigenvalue weighted by Gasteiger charge is -2.12. The molecule has 1 aromatic rings. The van der Waals surface area contributed by atoms with Gasteiger partial charge in [-0.15, -0.1) is 0 Å². The van der Waals surface area contributed by atoms with Crippen LogP contribution in [0.2, 0.25) is 0 Å². The third-order valence-electron chi connectivity index (χ3n) is 2.60. The van der Waals surface area contributed by atoms with Gasteiger partial charge in [-0.1, -0.05) is 0 Å². The van der Waals surface area contributed by atoms with E-state index >= 15 is 0 Å². The maximum Gasteiger partial charge on any atom is 0.337 e. The van der Waals surface area contributed by atoms with Crippen LogP contribution in [0.4, 0.5) is 5.69 Å². The Kier molecular flexibility index (Phi) is 4.90. The van der Waals surface area contributed by atoms with Gasteiger partial charge in [0.2, 0.25) is 0 Å². The second-order valence-electron chi connectivity index (χ2n) is 4.26. The molecule has 0 aromatic heterocycles. The van der Waals surface area contributed by atoms with E-state index in [0.29, 0.717) is 0 Å². The maximum atomic E-state index is 12.0. The Balaban J connectivity index is 3.28. The summed E-state index contributed by atoms with van der Waals surface area (Å²) in [6.07, 6.45) is 0. The van der Waals surface area contributed by atoms with Crippen molar-refractivity contribution >= 4 is 21.5 Å². The van der Waals surface area contributed by atoms with E-state index < -0.39 is 21.1 Å². The predicted molar refractivity (Wildman–Crippen MR) is 71.3 cm³/mol. The Morgan fingerprint density at radius 3 is 2.47 bits per heavy atom. The van der Waals surface area contributed by atoms with Crippen molar-refractivity contribution in [2.75, 3.05) is 18.5 Å². The van der Waals surface area contributed by atoms with Crippen LogP contribution in [0.3, 0.4) is 0 Å². The summed E-state index contributed by atoms with van der Waals surface area (Å²) < 4.78 is 24.0. The Morgan fingerprint density at radius 2 is 2.00 bits per heavy atom. The molecule has 1 rings (SSSR count). The highest BCUT2D eigenvalue weighted by Crippen LogP contribution is 2.23. The number of hydrogen-bond donors (Lipinski definition) is 3. The average molecular weight is 287 g/mol. The van der Waals surface area contributed by atoms with Crippen LogP contribution in [0.5, 0.6) is 0 Å². The predicted octanol–water partition coefficient (Wildman–Crippen LogP) is 0.971. The molecule has 0 fully saturated rings. The van der Waals surface area contributed by atoms with Crippen LogP contribution in [0.15, 0.2) is 23.1 Å². The summed E-state index contributed by atoms with van der Waals surface area (Å²) in [5, 5.41) is 19.9. The van der Waals surface area contributed by atoms with E-state index in [0.717, 1.165) is 6.07 Å². The number of benzene rings is 1. The molecule has 0 aliphatic heterocycles. The summed E-state index contributed by atoms with van der Waals surface area (Å²) >= 11 is 0. The minimum atomic E-state index is -3.51. The molecule has 0 amide bonds. The summed E-state index contributed by atoms with van der Waals surface area (Å²) in [6.45, 7) is 3.11. The zero-order valence-corrected chi connectivity index (χ0v) is 11.6. The van der Waals surface area contributed by atoms with Gasteiger partial charge in [-0.25, -0.2) is 13.2 Å². The van der Waals surface area contributed by atoms with Gasteiger partial charge in [0.1, 0.15) is 0 Å². The molecule has 0 heterocycles. The number of anilines is 1. The highest BCUT2D eigenvalue weighted by molar-refractivity contribution is 7.92. The lowest BCUT2D eigenvalue weighted by atomic mass is 10.2. The number of rotatable bonds is 6. The van der Waals surface area contributed by atoms with Crippen molar-refractivity contribution in [1.82, 2.24) is 0 Å². The first-order valence-electron chi connectivity index (χ1n) is 5.76. The lowest BCUT2D eigenvalue weighted by molar-refractivity contribution is 0.0697. The molecule has 0 spiro atoms. The van der Waals surface area contributed by atoms with Crippen LogP contribution >= 0.6 is 0 Å². The number of aromatic carboxylic acids is 1. The topological polar surface area (TPSA) is 104 Å². The van der Waals surface area contributed by atoms with Gasteiger partial charge in [0.15, 0.2) is 9.84 Å². The summed E-state index contributed by atoms with van der Waals surface area (Å²) in [5.41, 5.74) is 0.152. The van der Waals surface area contributed by atoms with Crippen LogP contribution < -0.4 is 5.32 Å². The van der Waals surface area contributed by atoms with E-state index in [-0.39, 0.29) is 29.3 Å². The van der Waals surface area contributed by atoms with Crippen molar-refractivity contribution in [1.29, 1.82) is 0 Å². The molecular weight excluding hydrogens is 270 g/mol. The van der Waals surface area contributed by atoms with E-state index in [1.807, 2.05) is 0 Å². The molecule has 1 aromatic carbocycles. The first kappa shape index (κ1) is 15.5. The number of nitrogens with one attached hydrogen (secondary N) is 1. The van der Waals surface area contributed by atoms with Crippen LogP contribution in [-0.4, -0.2) is 43.0 Å². The molecule has 0 saturated carbocycles. The SMILES string of the molecule is CC(C)S(=O)(=O)c1ccc(NCCO)c(C(=O)O)c1. The lowest BCUT2D eigenvalue weighted by Crippen LogP contribution is -2.16. The molecule has 106 valence electrons. The molecule has 19 heavy (non-hydrogen) atoms. The van der Waals surface area contributed by atoms with Crippen LogP contribution in [-0.2, 0) is 9.84 Å². The largest absolute Gasteiger partial charge is 0.478 e. The molecule has 0 saturated heterocycles. The number of carboxylic acid groups (broad SMARTS) is 1. The van der Waals surface area contributed by atoms with Crippen molar-refractivity contribution < 1.29 is 23.4 Å². The van der Waals surface area contributed by atoms with Gasteiger partial charge in [-0.2, -0.15) is 0 Å². The van der Waals surface area contributed by atoms with Gasteiger partial charge < -0.3 is 15.5 Å². The average Bonchev–Trinajstić information content (AvgIpc) is 2.35. The highest BCUT2D eigenvalue weighted by Gasteiger charge is 2.22. The number of aliphatic hydroxyl groups is 1. The molecule has 0 bridgehead atoms. The van der Waals surface area contributed by atoms with Crippen molar-refractivity contribution in [3.05, 3.63) is 23.8 Å². The summed E-state index contributed by atoms with van der Waals surface area (Å²) in [7, 11) is -3.51. The molecule has 6 nitrogen and oxygen atoms in total. The van der Waals surface area contributed by atoms with Crippen LogP contribution in [0.25, 0.3) is 0 Å². The third kappa shape index (κ3) is 3.45. The van der Waals surface area contributed by atoms with Gasteiger partial charge in [0.25, 0.3) is 0 Å². The molecule has 0 unspecified atom stereocenters. The monoisotopic (exact) mass is 287 g/mol. The van der Waals surface area contributed by atoms with E-state index in [2.05, 4.69) is 5.32 Å². The van der Waals surface area contributed by atoms with Crippen LogP contribution in [0, 0.1) is 0 Å². The van der Waals surface area contributed by atoms with Gasteiger partial charge in [-0.3, -0.25) is 0 Å². The zero-order chi connectivity index (χ0) is 14.6. The minimum Gasteiger partial charge on any atom is -0.478 e. The molecule has 0 aliphatic rings. The Labute approximate surface area is 112 Å². The molecule has 7 heteroatoms. The standard InChI is InChI=1S/C12H17NO5S/c1-8(2)19(17,18)9-3-4-11(13-5-6-14)10(7-9)12(15)16/h3-4,7-8,13-14H,5-6H2,1-2H3,(H,15,16). The number of sulfone groups is 1. The van der Waals surface area contributed by atoms with Crippen LogP contribution in [0.1, 0.15) is 24.2 Å². The maximum absolute atomic E-state index is 12.0. The summed E-state index contributed by atoms with van der Waals surface area (Å²) in [5.74, 6) is -1.22. The van der Waals surface area contributed by atoms with E-state index in [4.69, 9.17) is 10.2 Å². The molecule has 3 N–H and O–H groups in total. The van der Waals surface area contributed by atoms with Crippen molar-refractivity contribution in [3.63, 3.8) is 0 Å². The summed E-state index contributed by atoms with van der Waals surface area (Å²) in [6, 6.07) is 3.90. The van der Waals surface area contributed by atoms with Gasteiger partial charge >= 0.3 is 5.97 Å². The molecular formula is C12H17NO5S. The Hall–Kier alpha value is -1.60. The number of carboxylic acids is 1. The second kappa shape index (κ2) is 6.03. The highest BCUT2D eigenvalue weighted by atomic mass is 32.2. The second-order valence-corrected chi connectivity index (χ2v) is 6.76. The third-order valence-corrected chi connectivity index (χ3v) is 4.75. The minimum absolute atomic E-state index is 0.0190. The fourth-order valence-corrected chi connectivity index (χ4v) is 2.58. The first-order chi connectivity index (χ1) is 8.80. The smallest absolute Gasteiger partial charge is 0.337 e. The fraction of sp³-hybridized carbons (Fsp3) is 0.417. The first-order valence-corrected chi connectivity index (χ1v) is 7.31. The number of hydrogen-bond acceptors (Lipinski definition) is 5. The van der Waals surface area contributed by atoms with Gasteiger partial charge in [-0.05, 0) is 32.0 Å². The van der Waals surface area contributed by atoms with Crippen molar-refractivity contribution in [2.24, 2.45) is 0 Å². The van der Waals surface area contributed by atoms with E-state index in [9.17, 15) is 13.2 Å². The van der Waals surface area contributed by atoms with Gasteiger partial charge in [0.05, 0.1) is 22.3 Å². The number of aliphatic hydroxyl groups excluding tert-OH is 1. The van der Waals surface area contributed by atoms with Crippen molar-refractivity contribution in [3.8, 4) is 0 Å². The Morgan fingerprint density at radius 1 is 1.37 bits per heavy atom. The number of carbonyl (C=O) groups is 1.